The fraction of sp³-hybridized carbons (Fsp3) is 1.00. The molecular weight excluding hydrogens is 216 g/mol. The molecule has 0 aromatic carbocycles. The van der Waals surface area contributed by atoms with Crippen molar-refractivity contribution >= 4 is 8.32 Å². The van der Waals surface area contributed by atoms with Crippen molar-refractivity contribution in [3.8, 4) is 0 Å². The summed E-state index contributed by atoms with van der Waals surface area (Å²) in [6.07, 6.45) is 5.57. The summed E-state index contributed by atoms with van der Waals surface area (Å²) < 4.78 is 12.0. The molecule has 3 heteroatoms. The highest BCUT2D eigenvalue weighted by molar-refractivity contribution is 6.74. The molecule has 0 saturated heterocycles. The second-order valence-electron chi connectivity index (χ2n) is 6.48. The third kappa shape index (κ3) is 3.31. The Morgan fingerprint density at radius 1 is 1.00 bits per heavy atom. The minimum Gasteiger partial charge on any atom is -0.411 e. The van der Waals surface area contributed by atoms with Crippen LogP contribution in [-0.4, -0.2) is 27.6 Å². The molecular formula is C13H28O2Si. The summed E-state index contributed by atoms with van der Waals surface area (Å²) in [7, 11) is 0.187. The molecule has 0 radical (unpaired) electrons. The topological polar surface area (TPSA) is 18.5 Å². The molecule has 1 fully saturated rings. The molecule has 0 N–H and O–H groups in total. The fourth-order valence-electron chi connectivity index (χ4n) is 2.02. The summed E-state index contributed by atoms with van der Waals surface area (Å²) in [4.78, 5) is 0. The lowest BCUT2D eigenvalue weighted by Crippen LogP contribution is -2.48. The van der Waals surface area contributed by atoms with Crippen LogP contribution in [0.5, 0.6) is 0 Å². The molecule has 0 bridgehead atoms. The highest BCUT2D eigenvalue weighted by Gasteiger charge is 2.41. The minimum absolute atomic E-state index is 0.294. The Kier molecular flexibility index (Phi) is 4.61. The number of methoxy groups -OCH3 is 1. The van der Waals surface area contributed by atoms with Crippen LogP contribution in [0.3, 0.4) is 0 Å². The quantitative estimate of drug-likeness (QED) is 0.700. The molecule has 0 aromatic heterocycles. The third-order valence-corrected chi connectivity index (χ3v) is 8.70. The van der Waals surface area contributed by atoms with Gasteiger partial charge >= 0.3 is 0 Å². The van der Waals surface area contributed by atoms with E-state index in [9.17, 15) is 0 Å². The second kappa shape index (κ2) is 5.19. The maximum Gasteiger partial charge on any atom is 0.192 e. The van der Waals surface area contributed by atoms with E-state index in [1.54, 1.807) is 0 Å². The van der Waals surface area contributed by atoms with E-state index in [1.165, 1.54) is 19.3 Å². The van der Waals surface area contributed by atoms with Gasteiger partial charge in [-0.25, -0.2) is 0 Å². The van der Waals surface area contributed by atoms with Crippen molar-refractivity contribution in [2.75, 3.05) is 7.11 Å². The van der Waals surface area contributed by atoms with E-state index in [2.05, 4.69) is 33.9 Å². The van der Waals surface area contributed by atoms with E-state index in [0.717, 1.165) is 6.42 Å². The van der Waals surface area contributed by atoms with E-state index in [1.807, 2.05) is 7.11 Å². The van der Waals surface area contributed by atoms with Gasteiger partial charge in [-0.3, -0.25) is 0 Å². The maximum atomic E-state index is 6.46. The van der Waals surface area contributed by atoms with Crippen LogP contribution in [0.25, 0.3) is 0 Å². The lowest BCUT2D eigenvalue weighted by Gasteiger charge is -2.42. The van der Waals surface area contributed by atoms with Crippen molar-refractivity contribution in [2.45, 2.75) is 76.8 Å². The minimum atomic E-state index is -1.63. The lowest BCUT2D eigenvalue weighted by molar-refractivity contribution is -0.0291. The van der Waals surface area contributed by atoms with Crippen molar-refractivity contribution in [3.05, 3.63) is 0 Å². The molecule has 0 heterocycles. The predicted octanol–water partition coefficient (Wildman–Crippen LogP) is 3.97. The zero-order chi connectivity index (χ0) is 12.4. The van der Waals surface area contributed by atoms with Crippen molar-refractivity contribution in [2.24, 2.45) is 0 Å². The zero-order valence-electron chi connectivity index (χ0n) is 11.8. The Bertz CT molecular complexity index is 220. The highest BCUT2D eigenvalue weighted by atomic mass is 28.4. The Hall–Kier alpha value is 0.137. The van der Waals surface area contributed by atoms with Crippen LogP contribution in [0.15, 0.2) is 0 Å². The van der Waals surface area contributed by atoms with Crippen molar-refractivity contribution in [3.63, 3.8) is 0 Å². The van der Waals surface area contributed by atoms with Crippen LogP contribution >= 0.6 is 0 Å². The average molecular weight is 244 g/mol. The summed E-state index contributed by atoms with van der Waals surface area (Å²) >= 11 is 0. The summed E-state index contributed by atoms with van der Waals surface area (Å²) in [5.41, 5.74) is 0. The molecule has 0 amide bonds. The number of ether oxygens (including phenoxy) is 1. The monoisotopic (exact) mass is 244 g/mol. The van der Waals surface area contributed by atoms with Crippen molar-refractivity contribution < 1.29 is 9.16 Å². The molecule has 2 atom stereocenters. The molecule has 0 aliphatic heterocycles. The van der Waals surface area contributed by atoms with Crippen LogP contribution < -0.4 is 0 Å². The molecule has 1 saturated carbocycles. The molecule has 1 aliphatic carbocycles. The summed E-state index contributed by atoms with van der Waals surface area (Å²) in [6.45, 7) is 11.5. The molecule has 1 rings (SSSR count). The molecule has 2 nitrogen and oxygen atoms in total. The predicted molar refractivity (Wildman–Crippen MR) is 71.3 cm³/mol. The van der Waals surface area contributed by atoms with Crippen LogP contribution in [0, 0.1) is 0 Å². The standard InChI is InChI=1S/C13H28O2Si/c1-13(2,3)16(5,6)15-12-10-8-7-9-11(12)14-4/h11-12H,7-10H2,1-6H3/t11-,12?/m1/s1. The number of hydrogen-bond donors (Lipinski definition) is 0. The van der Waals surface area contributed by atoms with Crippen molar-refractivity contribution in [1.29, 1.82) is 0 Å². The summed E-state index contributed by atoms with van der Waals surface area (Å²) in [5.74, 6) is 0. The van der Waals surface area contributed by atoms with Crippen LogP contribution in [0.1, 0.15) is 46.5 Å². The largest absolute Gasteiger partial charge is 0.411 e. The molecule has 96 valence electrons. The SMILES string of the molecule is CO[C@@H]1CCCCC1O[Si](C)(C)C(C)(C)C. The lowest BCUT2D eigenvalue weighted by atomic mass is 9.95. The average Bonchev–Trinajstić information content (AvgIpc) is 2.16. The van der Waals surface area contributed by atoms with Gasteiger partial charge in [0.15, 0.2) is 8.32 Å². The van der Waals surface area contributed by atoms with Gasteiger partial charge in [0, 0.05) is 7.11 Å². The normalized spacial score (nSPS) is 28.1. The smallest absolute Gasteiger partial charge is 0.192 e. The first-order valence-corrected chi connectivity index (χ1v) is 9.39. The van der Waals surface area contributed by atoms with Gasteiger partial charge in [-0.2, -0.15) is 0 Å². The Balaban J connectivity index is 2.64. The van der Waals surface area contributed by atoms with Crippen LogP contribution in [0.2, 0.25) is 18.1 Å². The van der Waals surface area contributed by atoms with E-state index >= 15 is 0 Å². The van der Waals surface area contributed by atoms with E-state index in [0.29, 0.717) is 17.2 Å². The molecule has 1 aliphatic rings. The first-order valence-electron chi connectivity index (χ1n) is 6.48. The van der Waals surface area contributed by atoms with Gasteiger partial charge in [-0.05, 0) is 31.0 Å². The molecule has 0 aromatic rings. The first-order chi connectivity index (χ1) is 7.28. The van der Waals surface area contributed by atoms with Gasteiger partial charge in [0.1, 0.15) is 0 Å². The van der Waals surface area contributed by atoms with Crippen LogP contribution in [0.4, 0.5) is 0 Å². The van der Waals surface area contributed by atoms with E-state index in [-0.39, 0.29) is 0 Å². The molecule has 1 unspecified atom stereocenters. The summed E-state index contributed by atoms with van der Waals surface area (Å²) in [5, 5.41) is 0.294. The number of rotatable bonds is 3. The zero-order valence-corrected chi connectivity index (χ0v) is 12.8. The Morgan fingerprint density at radius 3 is 1.94 bits per heavy atom. The Labute approximate surface area is 102 Å². The first kappa shape index (κ1) is 14.2. The fourth-order valence-corrected chi connectivity index (χ4v) is 3.40. The van der Waals surface area contributed by atoms with Gasteiger partial charge in [0.2, 0.25) is 0 Å². The van der Waals surface area contributed by atoms with Gasteiger partial charge < -0.3 is 9.16 Å². The third-order valence-electron chi connectivity index (χ3n) is 4.20. The molecule has 0 spiro atoms. The van der Waals surface area contributed by atoms with E-state index in [4.69, 9.17) is 9.16 Å². The number of hydrogen-bond acceptors (Lipinski definition) is 2. The van der Waals surface area contributed by atoms with Gasteiger partial charge in [-0.1, -0.05) is 33.6 Å². The maximum absolute atomic E-state index is 6.46. The Morgan fingerprint density at radius 2 is 1.50 bits per heavy atom. The van der Waals surface area contributed by atoms with E-state index < -0.39 is 8.32 Å². The second-order valence-corrected chi connectivity index (χ2v) is 11.2. The van der Waals surface area contributed by atoms with Crippen molar-refractivity contribution in [1.82, 2.24) is 0 Å². The summed E-state index contributed by atoms with van der Waals surface area (Å²) in [6, 6.07) is 0. The van der Waals surface area contributed by atoms with Gasteiger partial charge in [0.25, 0.3) is 0 Å². The van der Waals surface area contributed by atoms with Gasteiger partial charge in [-0.15, -0.1) is 0 Å². The molecule has 16 heavy (non-hydrogen) atoms. The van der Waals surface area contributed by atoms with Crippen LogP contribution in [-0.2, 0) is 9.16 Å². The highest BCUT2D eigenvalue weighted by Crippen LogP contribution is 2.39. The van der Waals surface area contributed by atoms with Gasteiger partial charge in [0.05, 0.1) is 12.2 Å².